The van der Waals surface area contributed by atoms with Gasteiger partial charge in [0.1, 0.15) is 12.4 Å². The van der Waals surface area contributed by atoms with E-state index < -0.39 is 4.92 Å². The molecule has 0 aromatic heterocycles. The molecule has 0 aliphatic carbocycles. The zero-order valence-corrected chi connectivity index (χ0v) is 15.3. The summed E-state index contributed by atoms with van der Waals surface area (Å²) in [4.78, 5) is 10.3. The first kappa shape index (κ1) is 19.3. The van der Waals surface area contributed by atoms with Gasteiger partial charge in [0.05, 0.1) is 28.2 Å². The molecule has 6 nitrogen and oxygen atoms in total. The Morgan fingerprint density at radius 2 is 1.69 bits per heavy atom. The van der Waals surface area contributed by atoms with E-state index in [9.17, 15) is 15.4 Å². The van der Waals surface area contributed by atoms with Crippen LogP contribution in [-0.4, -0.2) is 4.92 Å². The lowest BCUT2D eigenvalue weighted by atomic mass is 10.0. The third-order valence-electron chi connectivity index (χ3n) is 4.23. The monoisotopic (exact) mass is 381 g/mol. The highest BCUT2D eigenvalue weighted by molar-refractivity contribution is 5.89. The normalized spacial score (nSPS) is 10.6. The third-order valence-corrected chi connectivity index (χ3v) is 4.23. The lowest BCUT2D eigenvalue weighted by molar-refractivity contribution is -0.384. The van der Waals surface area contributed by atoms with Gasteiger partial charge in [-0.05, 0) is 47.5 Å². The van der Waals surface area contributed by atoms with Crippen molar-refractivity contribution in [2.45, 2.75) is 6.61 Å². The van der Waals surface area contributed by atoms with E-state index in [1.165, 1.54) is 12.1 Å². The molecule has 0 aliphatic heterocycles. The van der Waals surface area contributed by atoms with Gasteiger partial charge >= 0.3 is 0 Å². The number of hydrogen-bond acceptors (Lipinski definition) is 5. The maximum atomic E-state index is 10.8. The molecule has 3 aromatic carbocycles. The highest BCUT2D eigenvalue weighted by Crippen LogP contribution is 2.22. The first-order chi connectivity index (χ1) is 14.1. The quantitative estimate of drug-likeness (QED) is 0.256. The number of nitrogens with zero attached hydrogens (tertiary/aromatic N) is 3. The second kappa shape index (κ2) is 8.98. The van der Waals surface area contributed by atoms with Crippen molar-refractivity contribution in [3.05, 3.63) is 105 Å². The van der Waals surface area contributed by atoms with Gasteiger partial charge in [-0.15, -0.1) is 0 Å². The average molecular weight is 381 g/mol. The molecule has 0 fully saturated rings. The van der Waals surface area contributed by atoms with Gasteiger partial charge in [0.25, 0.3) is 5.69 Å². The van der Waals surface area contributed by atoms with E-state index in [1.54, 1.807) is 42.5 Å². The van der Waals surface area contributed by atoms with E-state index in [-0.39, 0.29) is 12.3 Å². The number of nitro benzene ring substituents is 1. The van der Waals surface area contributed by atoms with Gasteiger partial charge in [-0.1, -0.05) is 30.3 Å². The van der Waals surface area contributed by atoms with Crippen molar-refractivity contribution in [1.29, 1.82) is 10.5 Å². The molecule has 0 spiro atoms. The second-order valence-electron chi connectivity index (χ2n) is 6.10. The Balaban J connectivity index is 1.72. The van der Waals surface area contributed by atoms with Gasteiger partial charge in [-0.2, -0.15) is 10.5 Å². The number of hydrogen-bond donors (Lipinski definition) is 0. The zero-order valence-electron chi connectivity index (χ0n) is 15.3. The molecule has 0 amide bonds. The molecule has 6 heteroatoms. The van der Waals surface area contributed by atoms with Crippen molar-refractivity contribution in [3.8, 4) is 17.9 Å². The van der Waals surface area contributed by atoms with Gasteiger partial charge in [-0.25, -0.2) is 0 Å². The molecule has 0 saturated heterocycles. The Kier molecular flexibility index (Phi) is 5.99. The van der Waals surface area contributed by atoms with Crippen LogP contribution in [0.1, 0.15) is 22.3 Å². The van der Waals surface area contributed by atoms with Gasteiger partial charge in [0.15, 0.2) is 0 Å². The zero-order chi connectivity index (χ0) is 20.6. The van der Waals surface area contributed by atoms with Gasteiger partial charge in [0.2, 0.25) is 0 Å². The van der Waals surface area contributed by atoms with Crippen LogP contribution in [0.5, 0.6) is 5.75 Å². The fourth-order valence-electron chi connectivity index (χ4n) is 2.69. The summed E-state index contributed by atoms with van der Waals surface area (Å²) in [5, 5.41) is 29.3. The predicted octanol–water partition coefficient (Wildman–Crippen LogP) is 5.11. The summed E-state index contributed by atoms with van der Waals surface area (Å²) in [7, 11) is 0. The van der Waals surface area contributed by atoms with E-state index in [0.29, 0.717) is 22.4 Å². The van der Waals surface area contributed by atoms with E-state index in [2.05, 4.69) is 12.1 Å². The Bertz CT molecular complexity index is 1140. The van der Waals surface area contributed by atoms with Crippen LogP contribution < -0.4 is 4.74 Å². The highest BCUT2D eigenvalue weighted by Gasteiger charge is 2.07. The van der Waals surface area contributed by atoms with E-state index in [4.69, 9.17) is 10.00 Å². The van der Waals surface area contributed by atoms with Gasteiger partial charge < -0.3 is 4.74 Å². The van der Waals surface area contributed by atoms with Crippen LogP contribution in [0.25, 0.3) is 11.6 Å². The summed E-state index contributed by atoms with van der Waals surface area (Å²) in [6, 6.07) is 24.6. The minimum absolute atomic E-state index is 0.0227. The number of allylic oxidation sites excluding steroid dienone is 1. The smallest absolute Gasteiger partial charge is 0.269 e. The molecule has 140 valence electrons. The number of rotatable bonds is 6. The van der Waals surface area contributed by atoms with Crippen LogP contribution in [0.3, 0.4) is 0 Å². The minimum Gasteiger partial charge on any atom is -0.489 e. The minimum atomic E-state index is -0.479. The van der Waals surface area contributed by atoms with Crippen LogP contribution in [0.15, 0.2) is 72.8 Å². The summed E-state index contributed by atoms with van der Waals surface area (Å²) < 4.78 is 5.74. The molecule has 0 aliphatic rings. The molecule has 29 heavy (non-hydrogen) atoms. The second-order valence-corrected chi connectivity index (χ2v) is 6.10. The third kappa shape index (κ3) is 4.85. The standard InChI is InChI=1S/C23H15N3O3/c24-14-19-3-1-2-4-20(19)16-29-23-11-5-17(6-12-23)13-21(15-25)18-7-9-22(10-8-18)26(27)28/h1-13H,16H2/b21-13-. The first-order valence-corrected chi connectivity index (χ1v) is 8.68. The van der Waals surface area contributed by atoms with Crippen LogP contribution in [0.2, 0.25) is 0 Å². The van der Waals surface area contributed by atoms with Crippen LogP contribution >= 0.6 is 0 Å². The molecule has 3 rings (SSSR count). The summed E-state index contributed by atoms with van der Waals surface area (Å²) in [5.74, 6) is 0.642. The fraction of sp³-hybridized carbons (Fsp3) is 0.0435. The lowest BCUT2D eigenvalue weighted by Gasteiger charge is -2.08. The average Bonchev–Trinajstić information content (AvgIpc) is 2.77. The summed E-state index contributed by atoms with van der Waals surface area (Å²) in [6.07, 6.45) is 1.70. The predicted molar refractivity (Wildman–Crippen MR) is 109 cm³/mol. The molecule has 0 N–H and O–H groups in total. The van der Waals surface area contributed by atoms with Crippen molar-refractivity contribution < 1.29 is 9.66 Å². The molecule has 0 atom stereocenters. The van der Waals surface area contributed by atoms with Gasteiger partial charge in [0, 0.05) is 17.7 Å². The number of benzene rings is 3. The Morgan fingerprint density at radius 3 is 2.31 bits per heavy atom. The first-order valence-electron chi connectivity index (χ1n) is 8.68. The molecule has 0 heterocycles. The molecule has 0 saturated carbocycles. The molecule has 0 radical (unpaired) electrons. The maximum absolute atomic E-state index is 10.8. The Labute approximate surface area is 167 Å². The fourth-order valence-corrected chi connectivity index (χ4v) is 2.69. The molecule has 0 bridgehead atoms. The van der Waals surface area contributed by atoms with E-state index >= 15 is 0 Å². The summed E-state index contributed by atoms with van der Waals surface area (Å²) in [6.45, 7) is 0.283. The van der Waals surface area contributed by atoms with Crippen LogP contribution in [0.4, 0.5) is 5.69 Å². The lowest BCUT2D eigenvalue weighted by Crippen LogP contribution is -1.98. The Hall–Kier alpha value is -4.42. The number of ether oxygens (including phenoxy) is 1. The highest BCUT2D eigenvalue weighted by atomic mass is 16.6. The van der Waals surface area contributed by atoms with Crippen molar-refractivity contribution >= 4 is 17.3 Å². The van der Waals surface area contributed by atoms with Crippen molar-refractivity contribution in [1.82, 2.24) is 0 Å². The van der Waals surface area contributed by atoms with Gasteiger partial charge in [-0.3, -0.25) is 10.1 Å². The molecule has 3 aromatic rings. The van der Waals surface area contributed by atoms with Crippen molar-refractivity contribution in [2.75, 3.05) is 0 Å². The Morgan fingerprint density at radius 1 is 1.00 bits per heavy atom. The maximum Gasteiger partial charge on any atom is 0.269 e. The van der Waals surface area contributed by atoms with E-state index in [1.807, 2.05) is 24.3 Å². The summed E-state index contributed by atoms with van der Waals surface area (Å²) in [5.41, 5.74) is 3.16. The van der Waals surface area contributed by atoms with Crippen LogP contribution in [-0.2, 0) is 6.61 Å². The van der Waals surface area contributed by atoms with E-state index in [0.717, 1.165) is 11.1 Å². The molecular weight excluding hydrogens is 366 g/mol. The van der Waals surface area contributed by atoms with Crippen LogP contribution in [0, 0.1) is 32.8 Å². The molecule has 0 unspecified atom stereocenters. The van der Waals surface area contributed by atoms with Crippen molar-refractivity contribution in [2.24, 2.45) is 0 Å². The summed E-state index contributed by atoms with van der Waals surface area (Å²) >= 11 is 0. The topological polar surface area (TPSA) is 99.9 Å². The largest absolute Gasteiger partial charge is 0.489 e. The number of nitro groups is 1. The SMILES string of the molecule is N#C/C(=C/c1ccc(OCc2ccccc2C#N)cc1)c1ccc([N+](=O)[O-])cc1. The number of non-ortho nitro benzene ring substituents is 1. The molecular formula is C23H15N3O3. The van der Waals surface area contributed by atoms with Crippen molar-refractivity contribution in [3.63, 3.8) is 0 Å². The number of nitriles is 2.